The van der Waals surface area contributed by atoms with E-state index in [2.05, 4.69) is 28.5 Å². The summed E-state index contributed by atoms with van der Waals surface area (Å²) in [4.78, 5) is 32.1. The molecule has 3 aromatic carbocycles. The summed E-state index contributed by atoms with van der Waals surface area (Å²) in [5.74, 6) is 0.361. The van der Waals surface area contributed by atoms with Gasteiger partial charge in [-0.15, -0.1) is 0 Å². The maximum atomic E-state index is 13.6. The Labute approximate surface area is 210 Å². The lowest BCUT2D eigenvalue weighted by molar-refractivity contribution is -0.127. The molecule has 1 aliphatic heterocycles. The number of nitrogens with zero attached hydrogens (tertiary/aromatic N) is 1. The zero-order chi connectivity index (χ0) is 25.1. The van der Waals surface area contributed by atoms with Crippen molar-refractivity contribution in [3.05, 3.63) is 101 Å². The number of carbonyl (C=O) groups excluding carboxylic acids is 2. The molecule has 4 aromatic rings. The van der Waals surface area contributed by atoms with Gasteiger partial charge in [0, 0.05) is 42.2 Å². The van der Waals surface area contributed by atoms with Crippen LogP contribution in [-0.2, 0) is 28.9 Å². The maximum Gasteiger partial charge on any atom is 0.249 e. The molecule has 5 rings (SSSR count). The smallest absolute Gasteiger partial charge is 0.249 e. The molecule has 0 radical (unpaired) electrons. The molecule has 6 nitrogen and oxygen atoms in total. The first kappa shape index (κ1) is 23.4. The Hall–Kier alpha value is -4.32. The number of carbonyl (C=O) groups is 2. The van der Waals surface area contributed by atoms with Gasteiger partial charge in [0.2, 0.25) is 11.8 Å². The molecule has 182 valence electrons. The minimum Gasteiger partial charge on any atom is -0.497 e. The lowest BCUT2D eigenvalue weighted by Gasteiger charge is -2.25. The first-order valence-electron chi connectivity index (χ1n) is 12.1. The van der Waals surface area contributed by atoms with Crippen LogP contribution in [0.4, 0.5) is 5.69 Å². The highest BCUT2D eigenvalue weighted by molar-refractivity contribution is 6.00. The van der Waals surface area contributed by atoms with E-state index in [1.807, 2.05) is 66.7 Å². The molecule has 2 bridgehead atoms. The minimum absolute atomic E-state index is 0.177. The van der Waals surface area contributed by atoms with E-state index >= 15 is 0 Å². The minimum atomic E-state index is -0.710. The number of aromatic amines is 1. The number of para-hydroxylation sites is 1. The van der Waals surface area contributed by atoms with Crippen LogP contribution in [0.1, 0.15) is 22.4 Å². The number of anilines is 1. The van der Waals surface area contributed by atoms with E-state index in [-0.39, 0.29) is 18.2 Å². The van der Waals surface area contributed by atoms with Crippen LogP contribution in [0.15, 0.2) is 78.9 Å². The summed E-state index contributed by atoms with van der Waals surface area (Å²) in [6.45, 7) is 0. The fraction of sp³-hybridized carbons (Fsp3) is 0.200. The molecule has 2 heterocycles. The Morgan fingerprint density at radius 2 is 1.83 bits per heavy atom. The molecular weight excluding hydrogens is 450 g/mol. The van der Waals surface area contributed by atoms with Gasteiger partial charge < -0.3 is 19.9 Å². The van der Waals surface area contributed by atoms with Crippen LogP contribution in [0.5, 0.6) is 5.75 Å². The van der Waals surface area contributed by atoms with Gasteiger partial charge in [0.1, 0.15) is 11.8 Å². The number of likely N-dealkylation sites (N-methyl/N-ethyl adjacent to an activating group) is 1. The summed E-state index contributed by atoms with van der Waals surface area (Å²) in [7, 11) is 3.34. The maximum absolute atomic E-state index is 13.6. The van der Waals surface area contributed by atoms with Gasteiger partial charge in [-0.2, -0.15) is 0 Å². The third kappa shape index (κ3) is 4.89. The molecule has 0 fully saturated rings. The third-order valence-corrected chi connectivity index (χ3v) is 6.69. The number of ether oxygens (including phenoxy) is 1. The molecule has 0 saturated carbocycles. The number of nitrogens with one attached hydrogen (secondary N) is 2. The lowest BCUT2D eigenvalue weighted by atomic mass is 10.0. The fourth-order valence-corrected chi connectivity index (χ4v) is 4.78. The van der Waals surface area contributed by atoms with Gasteiger partial charge in [-0.25, -0.2) is 0 Å². The molecule has 1 unspecified atom stereocenters. The zero-order valence-electron chi connectivity index (χ0n) is 20.5. The molecule has 2 N–H and O–H groups in total. The standard InChI is InChI=1S/C30H29N3O3/c1-33(22-13-15-23(36-2)16-14-22)30(35)28-18-21-9-5-7-20(17-21)8-6-12-27-25(19-29(34)32-28)24-10-3-4-11-26(24)31-27/h3-11,13-17,28,31H,12,18-19H2,1-2H3,(H,32,34)/b8-6+. The van der Waals surface area contributed by atoms with Crippen LogP contribution in [0, 0.1) is 0 Å². The van der Waals surface area contributed by atoms with E-state index in [9.17, 15) is 9.59 Å². The van der Waals surface area contributed by atoms with Gasteiger partial charge >= 0.3 is 0 Å². The van der Waals surface area contributed by atoms with Crippen molar-refractivity contribution < 1.29 is 14.3 Å². The second-order valence-corrected chi connectivity index (χ2v) is 9.08. The van der Waals surface area contributed by atoms with Gasteiger partial charge in [0.05, 0.1) is 13.5 Å². The zero-order valence-corrected chi connectivity index (χ0v) is 20.5. The SMILES string of the molecule is COc1ccc(N(C)C(=O)C2Cc3cccc(c3)/C=C/Cc3[nH]c4ccccc4c3CC(=O)N2)cc1. The monoisotopic (exact) mass is 479 g/mol. The Morgan fingerprint density at radius 1 is 1.03 bits per heavy atom. The van der Waals surface area contributed by atoms with Crippen LogP contribution in [0.2, 0.25) is 0 Å². The topological polar surface area (TPSA) is 74.4 Å². The fourth-order valence-electron chi connectivity index (χ4n) is 4.78. The highest BCUT2D eigenvalue weighted by Gasteiger charge is 2.26. The van der Waals surface area contributed by atoms with Gasteiger partial charge in [-0.3, -0.25) is 9.59 Å². The molecule has 1 aromatic heterocycles. The number of allylic oxidation sites excluding steroid dienone is 1. The molecule has 1 atom stereocenters. The van der Waals surface area contributed by atoms with Crippen molar-refractivity contribution >= 4 is 34.5 Å². The second-order valence-electron chi connectivity index (χ2n) is 9.08. The number of fused-ring (bicyclic) bond motifs is 5. The van der Waals surface area contributed by atoms with Crippen LogP contribution in [0.25, 0.3) is 17.0 Å². The molecule has 0 spiro atoms. The average molecular weight is 480 g/mol. The van der Waals surface area contributed by atoms with Gasteiger partial charge in [0.15, 0.2) is 0 Å². The summed E-state index contributed by atoms with van der Waals surface area (Å²) in [6, 6.07) is 22.7. The van der Waals surface area contributed by atoms with Gasteiger partial charge in [-0.05, 0) is 47.0 Å². The number of methoxy groups -OCH3 is 1. The summed E-state index contributed by atoms with van der Waals surface area (Å²) in [5.41, 5.74) is 5.76. The summed E-state index contributed by atoms with van der Waals surface area (Å²) in [6.07, 6.45) is 5.48. The first-order chi connectivity index (χ1) is 17.5. The van der Waals surface area contributed by atoms with Crippen molar-refractivity contribution in [1.29, 1.82) is 0 Å². The van der Waals surface area contributed by atoms with Crippen molar-refractivity contribution in [2.45, 2.75) is 25.3 Å². The quantitative estimate of drug-likeness (QED) is 0.448. The van der Waals surface area contributed by atoms with Crippen molar-refractivity contribution in [3.63, 3.8) is 0 Å². The van der Waals surface area contributed by atoms with Crippen LogP contribution >= 0.6 is 0 Å². The molecule has 1 aliphatic rings. The number of aromatic nitrogens is 1. The average Bonchev–Trinajstić information content (AvgIpc) is 3.24. The second kappa shape index (κ2) is 10.1. The summed E-state index contributed by atoms with van der Waals surface area (Å²) >= 11 is 0. The Kier molecular flexibility index (Phi) is 6.58. The van der Waals surface area contributed by atoms with Crippen LogP contribution in [0.3, 0.4) is 0 Å². The number of rotatable bonds is 3. The number of hydrogen-bond donors (Lipinski definition) is 2. The van der Waals surface area contributed by atoms with Gasteiger partial charge in [-0.1, -0.05) is 54.6 Å². The predicted molar refractivity (Wildman–Crippen MR) is 143 cm³/mol. The van der Waals surface area contributed by atoms with E-state index in [4.69, 9.17) is 4.74 Å². The summed E-state index contributed by atoms with van der Waals surface area (Å²) in [5, 5.41) is 4.08. The van der Waals surface area contributed by atoms with Crippen LogP contribution < -0.4 is 15.0 Å². The van der Waals surface area contributed by atoms with Crippen molar-refractivity contribution in [2.24, 2.45) is 0 Å². The van der Waals surface area contributed by atoms with Crippen molar-refractivity contribution in [3.8, 4) is 5.75 Å². The molecule has 0 saturated heterocycles. The highest BCUT2D eigenvalue weighted by atomic mass is 16.5. The highest BCUT2D eigenvalue weighted by Crippen LogP contribution is 2.25. The Morgan fingerprint density at radius 3 is 2.64 bits per heavy atom. The number of amides is 2. The molecule has 2 amide bonds. The van der Waals surface area contributed by atoms with E-state index in [1.165, 1.54) is 0 Å². The third-order valence-electron chi connectivity index (χ3n) is 6.69. The predicted octanol–water partition coefficient (Wildman–Crippen LogP) is 4.68. The number of H-pyrrole nitrogens is 1. The molecule has 0 aliphatic carbocycles. The van der Waals surface area contributed by atoms with E-state index in [1.54, 1.807) is 19.1 Å². The van der Waals surface area contributed by atoms with Crippen molar-refractivity contribution in [1.82, 2.24) is 10.3 Å². The largest absolute Gasteiger partial charge is 0.497 e. The lowest BCUT2D eigenvalue weighted by Crippen LogP contribution is -2.49. The van der Waals surface area contributed by atoms with Gasteiger partial charge in [0.25, 0.3) is 0 Å². The van der Waals surface area contributed by atoms with Crippen molar-refractivity contribution in [2.75, 3.05) is 19.1 Å². The van der Waals surface area contributed by atoms with Crippen LogP contribution in [-0.4, -0.2) is 37.0 Å². The van der Waals surface area contributed by atoms with E-state index < -0.39 is 6.04 Å². The molecule has 36 heavy (non-hydrogen) atoms. The molecular formula is C30H29N3O3. The summed E-state index contributed by atoms with van der Waals surface area (Å²) < 4.78 is 5.24. The first-order valence-corrected chi connectivity index (χ1v) is 12.1. The molecule has 6 heteroatoms. The Balaban J connectivity index is 1.50. The Bertz CT molecular complexity index is 1440. The number of benzene rings is 3. The number of hydrogen-bond acceptors (Lipinski definition) is 3. The van der Waals surface area contributed by atoms with E-state index in [0.717, 1.165) is 44.7 Å². The van der Waals surface area contributed by atoms with E-state index in [0.29, 0.717) is 12.8 Å². The normalized spacial score (nSPS) is 16.6.